The lowest BCUT2D eigenvalue weighted by molar-refractivity contribution is 0.881. The molecule has 0 aliphatic carbocycles. The van der Waals surface area contributed by atoms with Gasteiger partial charge >= 0.3 is 0 Å². The van der Waals surface area contributed by atoms with Crippen molar-refractivity contribution in [2.45, 2.75) is 6.42 Å². The van der Waals surface area contributed by atoms with Gasteiger partial charge in [-0.05, 0) is 30.4 Å². The van der Waals surface area contributed by atoms with Crippen LogP contribution in [0.25, 0.3) is 0 Å². The number of nitrogens with two attached hydrogens (primary N) is 1. The third-order valence-electron chi connectivity index (χ3n) is 2.67. The maximum atomic E-state index is 5.38. The maximum absolute atomic E-state index is 5.38. The smallest absolute Gasteiger partial charge is 0.184 e. The van der Waals surface area contributed by atoms with Crippen molar-refractivity contribution in [3.8, 4) is 0 Å². The lowest BCUT2D eigenvalue weighted by Crippen LogP contribution is -2.31. The zero-order valence-corrected chi connectivity index (χ0v) is 11.8. The Morgan fingerprint density at radius 3 is 3.06 bits per heavy atom. The second-order valence-electron chi connectivity index (χ2n) is 3.87. The summed E-state index contributed by atoms with van der Waals surface area (Å²) in [6, 6.07) is 6.17. The van der Waals surface area contributed by atoms with Gasteiger partial charge in [-0.2, -0.15) is 5.10 Å². The minimum absolute atomic E-state index is 0.188. The Bertz CT molecular complexity index is 486. The predicted octanol–water partition coefficient (Wildman–Crippen LogP) is 1.83. The van der Waals surface area contributed by atoms with Gasteiger partial charge in [0.15, 0.2) is 5.11 Å². The van der Waals surface area contributed by atoms with E-state index in [-0.39, 0.29) is 5.11 Å². The Hall–Kier alpha value is -1.14. The molecule has 4 nitrogen and oxygen atoms in total. The molecule has 1 heterocycles. The van der Waals surface area contributed by atoms with Crippen molar-refractivity contribution >= 4 is 44.7 Å². The van der Waals surface area contributed by atoms with E-state index in [0.29, 0.717) is 0 Å². The first-order chi connectivity index (χ1) is 8.08. The van der Waals surface area contributed by atoms with E-state index < -0.39 is 0 Å². The summed E-state index contributed by atoms with van der Waals surface area (Å²) in [4.78, 5) is 2.21. The lowest BCUT2D eigenvalue weighted by atomic mass is 10.0. The molecular formula is C11H13BrN4S. The highest BCUT2D eigenvalue weighted by molar-refractivity contribution is 9.10. The van der Waals surface area contributed by atoms with E-state index in [1.54, 1.807) is 0 Å². The molecule has 0 unspecified atom stereocenters. The van der Waals surface area contributed by atoms with E-state index >= 15 is 0 Å². The molecule has 0 aromatic heterocycles. The van der Waals surface area contributed by atoms with E-state index in [2.05, 4.69) is 50.5 Å². The molecule has 0 fully saturated rings. The molecule has 3 N–H and O–H groups in total. The molecule has 1 aliphatic rings. The minimum atomic E-state index is 0.188. The van der Waals surface area contributed by atoms with Crippen LogP contribution < -0.4 is 16.1 Å². The van der Waals surface area contributed by atoms with Crippen LogP contribution in [0.5, 0.6) is 0 Å². The Kier molecular flexibility index (Phi) is 3.63. The standard InChI is InChI=1S/C11H13BrN4S/c1-16-5-4-9(14-15-11(13)17)8-6-7(12)2-3-10(8)16/h2-3,6H,4-5H2,1H3,(H3,13,15,17)/b14-9+. The van der Waals surface area contributed by atoms with Crippen LogP contribution in [0.4, 0.5) is 5.69 Å². The second-order valence-corrected chi connectivity index (χ2v) is 5.22. The van der Waals surface area contributed by atoms with E-state index in [0.717, 1.165) is 28.7 Å². The van der Waals surface area contributed by atoms with Crippen LogP contribution in [0.2, 0.25) is 0 Å². The van der Waals surface area contributed by atoms with Crippen molar-refractivity contribution in [3.05, 3.63) is 28.2 Å². The number of nitrogens with one attached hydrogen (secondary N) is 1. The van der Waals surface area contributed by atoms with Gasteiger partial charge < -0.3 is 10.6 Å². The molecule has 6 heteroatoms. The number of fused-ring (bicyclic) bond motifs is 1. The van der Waals surface area contributed by atoms with Crippen molar-refractivity contribution in [2.75, 3.05) is 18.5 Å². The Morgan fingerprint density at radius 1 is 1.59 bits per heavy atom. The fourth-order valence-corrected chi connectivity index (χ4v) is 2.25. The molecule has 0 saturated carbocycles. The summed E-state index contributed by atoms with van der Waals surface area (Å²) in [5.41, 5.74) is 11.3. The SMILES string of the molecule is CN1CC/C(=N\NC(N)=S)c2cc(Br)ccc21. The van der Waals surface area contributed by atoms with E-state index in [1.807, 2.05) is 6.07 Å². The Morgan fingerprint density at radius 2 is 2.35 bits per heavy atom. The third-order valence-corrected chi connectivity index (χ3v) is 3.25. The van der Waals surface area contributed by atoms with Crippen LogP contribution >= 0.6 is 28.1 Å². The molecule has 17 heavy (non-hydrogen) atoms. The summed E-state index contributed by atoms with van der Waals surface area (Å²) in [5, 5.41) is 4.44. The molecule has 0 amide bonds. The largest absolute Gasteiger partial charge is 0.375 e. The van der Waals surface area contributed by atoms with Gasteiger partial charge in [0.1, 0.15) is 0 Å². The van der Waals surface area contributed by atoms with Gasteiger partial charge in [-0.15, -0.1) is 0 Å². The van der Waals surface area contributed by atoms with Crippen molar-refractivity contribution < 1.29 is 0 Å². The fraction of sp³-hybridized carbons (Fsp3) is 0.273. The van der Waals surface area contributed by atoms with Gasteiger partial charge in [-0.3, -0.25) is 5.43 Å². The molecule has 2 rings (SSSR count). The van der Waals surface area contributed by atoms with Crippen LogP contribution in [0, 0.1) is 0 Å². The number of thiocarbonyl (C=S) groups is 1. The summed E-state index contributed by atoms with van der Waals surface area (Å²) < 4.78 is 1.04. The Labute approximate surface area is 114 Å². The van der Waals surface area contributed by atoms with E-state index in [1.165, 1.54) is 5.69 Å². The highest BCUT2D eigenvalue weighted by Crippen LogP contribution is 2.28. The topological polar surface area (TPSA) is 53.6 Å². The molecule has 90 valence electrons. The third kappa shape index (κ3) is 2.76. The quantitative estimate of drug-likeness (QED) is 0.613. The van der Waals surface area contributed by atoms with Crippen molar-refractivity contribution in [3.63, 3.8) is 0 Å². The number of benzene rings is 1. The number of nitrogens with zero attached hydrogens (tertiary/aromatic N) is 2. The van der Waals surface area contributed by atoms with Crippen LogP contribution in [0.15, 0.2) is 27.8 Å². The van der Waals surface area contributed by atoms with Crippen LogP contribution in [-0.4, -0.2) is 24.4 Å². The summed E-state index contributed by atoms with van der Waals surface area (Å²) in [6.45, 7) is 0.937. The molecule has 0 bridgehead atoms. The van der Waals surface area contributed by atoms with E-state index in [9.17, 15) is 0 Å². The molecule has 0 atom stereocenters. The number of anilines is 1. The normalized spacial score (nSPS) is 16.8. The first kappa shape index (κ1) is 12.3. The molecule has 0 saturated heterocycles. The maximum Gasteiger partial charge on any atom is 0.184 e. The number of hydrazone groups is 1. The van der Waals surface area contributed by atoms with Crippen molar-refractivity contribution in [1.82, 2.24) is 5.43 Å². The van der Waals surface area contributed by atoms with Gasteiger partial charge in [-0.1, -0.05) is 15.9 Å². The summed E-state index contributed by atoms with van der Waals surface area (Å²) in [6.07, 6.45) is 0.871. The fourth-order valence-electron chi connectivity index (χ4n) is 1.84. The van der Waals surface area contributed by atoms with Gasteiger partial charge in [-0.25, -0.2) is 0 Å². The number of halogens is 1. The summed E-state index contributed by atoms with van der Waals surface area (Å²) >= 11 is 8.22. The van der Waals surface area contributed by atoms with Crippen molar-refractivity contribution in [2.24, 2.45) is 10.8 Å². The average Bonchev–Trinajstić information content (AvgIpc) is 2.28. The summed E-state index contributed by atoms with van der Waals surface area (Å²) in [7, 11) is 2.07. The number of rotatable bonds is 1. The van der Waals surface area contributed by atoms with Crippen molar-refractivity contribution in [1.29, 1.82) is 0 Å². The van der Waals surface area contributed by atoms with Gasteiger partial charge in [0.05, 0.1) is 5.71 Å². The molecule has 0 spiro atoms. The average molecular weight is 313 g/mol. The highest BCUT2D eigenvalue weighted by Gasteiger charge is 2.19. The number of hydrogen-bond donors (Lipinski definition) is 2. The summed E-state index contributed by atoms with van der Waals surface area (Å²) in [5.74, 6) is 0. The van der Waals surface area contributed by atoms with E-state index in [4.69, 9.17) is 18.0 Å². The first-order valence-electron chi connectivity index (χ1n) is 5.21. The van der Waals surface area contributed by atoms with Gasteiger partial charge in [0, 0.05) is 35.7 Å². The first-order valence-corrected chi connectivity index (χ1v) is 6.41. The Balaban J connectivity index is 2.40. The van der Waals surface area contributed by atoms with Crippen LogP contribution in [0.3, 0.4) is 0 Å². The predicted molar refractivity (Wildman–Crippen MR) is 78.5 cm³/mol. The highest BCUT2D eigenvalue weighted by atomic mass is 79.9. The minimum Gasteiger partial charge on any atom is -0.375 e. The van der Waals surface area contributed by atoms with Gasteiger partial charge in [0.2, 0.25) is 0 Å². The van der Waals surface area contributed by atoms with Crippen LogP contribution in [-0.2, 0) is 0 Å². The molecular weight excluding hydrogens is 300 g/mol. The monoisotopic (exact) mass is 312 g/mol. The molecule has 1 aromatic carbocycles. The molecule has 1 aliphatic heterocycles. The zero-order valence-electron chi connectivity index (χ0n) is 9.40. The zero-order chi connectivity index (χ0) is 12.4. The molecule has 1 aromatic rings. The lowest BCUT2D eigenvalue weighted by Gasteiger charge is -2.28. The second kappa shape index (κ2) is 5.01. The number of hydrogen-bond acceptors (Lipinski definition) is 3. The van der Waals surface area contributed by atoms with Gasteiger partial charge in [0.25, 0.3) is 0 Å². The molecule has 0 radical (unpaired) electrons. The van der Waals surface area contributed by atoms with Crippen LogP contribution in [0.1, 0.15) is 12.0 Å².